The van der Waals surface area contributed by atoms with Crippen molar-refractivity contribution < 1.29 is 9.90 Å². The predicted molar refractivity (Wildman–Crippen MR) is 114 cm³/mol. The number of aliphatic carboxylic acids is 1. The average Bonchev–Trinajstić information content (AvgIpc) is 2.68. The van der Waals surface area contributed by atoms with Gasteiger partial charge in [-0.15, -0.1) is 0 Å². The summed E-state index contributed by atoms with van der Waals surface area (Å²) >= 11 is 1.72. The Labute approximate surface area is 167 Å². The number of carbonyl (C=O) groups is 1. The van der Waals surface area contributed by atoms with Crippen LogP contribution in [0, 0.1) is 17.3 Å². The lowest BCUT2D eigenvalue weighted by molar-refractivity contribution is -0.132. The van der Waals surface area contributed by atoms with Crippen LogP contribution in [0.3, 0.4) is 0 Å². The minimum atomic E-state index is -0.713. The van der Waals surface area contributed by atoms with Gasteiger partial charge in [0.05, 0.1) is 0 Å². The summed E-state index contributed by atoms with van der Waals surface area (Å²) in [4.78, 5) is 11.9. The first-order valence-electron chi connectivity index (χ1n) is 10.3. The SMILES string of the molecule is CSCC/C(C(=O)O)=C1/CC[C@@]2(Cc3ccccc3)CCC[C@H](CN)[C@@H]2C1. The van der Waals surface area contributed by atoms with Crippen molar-refractivity contribution in [3.63, 3.8) is 0 Å². The topological polar surface area (TPSA) is 63.3 Å². The minimum absolute atomic E-state index is 0.288. The maximum Gasteiger partial charge on any atom is 0.331 e. The molecule has 0 aliphatic heterocycles. The number of carboxylic acids is 1. The Kier molecular flexibility index (Phi) is 7.04. The van der Waals surface area contributed by atoms with Gasteiger partial charge in [0, 0.05) is 5.57 Å². The summed E-state index contributed by atoms with van der Waals surface area (Å²) in [5, 5.41) is 9.78. The molecular formula is C23H33NO2S. The average molecular weight is 388 g/mol. The van der Waals surface area contributed by atoms with E-state index in [0.29, 0.717) is 23.8 Å². The van der Waals surface area contributed by atoms with Crippen LogP contribution < -0.4 is 5.73 Å². The number of hydrogen-bond donors (Lipinski definition) is 2. The lowest BCUT2D eigenvalue weighted by Crippen LogP contribution is -2.46. The van der Waals surface area contributed by atoms with Crippen LogP contribution in [0.25, 0.3) is 0 Å². The number of nitrogens with two attached hydrogens (primary N) is 1. The second-order valence-corrected chi connectivity index (χ2v) is 9.34. The number of allylic oxidation sites excluding steroid dienone is 1. The van der Waals surface area contributed by atoms with E-state index in [9.17, 15) is 9.90 Å². The quantitative estimate of drug-likeness (QED) is 0.653. The van der Waals surface area contributed by atoms with Crippen molar-refractivity contribution >= 4 is 17.7 Å². The van der Waals surface area contributed by atoms with Gasteiger partial charge in [-0.05, 0) is 86.3 Å². The molecule has 0 heterocycles. The minimum Gasteiger partial charge on any atom is -0.478 e. The summed E-state index contributed by atoms with van der Waals surface area (Å²) < 4.78 is 0. The van der Waals surface area contributed by atoms with E-state index in [4.69, 9.17) is 5.73 Å². The zero-order valence-electron chi connectivity index (χ0n) is 16.5. The highest BCUT2D eigenvalue weighted by Gasteiger charge is 2.47. The Balaban J connectivity index is 1.90. The molecule has 1 aromatic carbocycles. The molecule has 148 valence electrons. The molecule has 2 saturated carbocycles. The molecule has 0 amide bonds. The van der Waals surface area contributed by atoms with Crippen molar-refractivity contribution in [2.24, 2.45) is 23.0 Å². The number of thioether (sulfide) groups is 1. The molecule has 2 aliphatic carbocycles. The Hall–Kier alpha value is -1.26. The smallest absolute Gasteiger partial charge is 0.331 e. The monoisotopic (exact) mass is 387 g/mol. The fourth-order valence-electron chi connectivity index (χ4n) is 5.57. The molecule has 0 bridgehead atoms. The summed E-state index contributed by atoms with van der Waals surface area (Å²) in [5.41, 5.74) is 9.77. The van der Waals surface area contributed by atoms with Gasteiger partial charge in [-0.1, -0.05) is 42.3 Å². The first kappa shape index (κ1) is 20.5. The fraction of sp³-hybridized carbons (Fsp3) is 0.609. The van der Waals surface area contributed by atoms with E-state index in [0.717, 1.165) is 38.0 Å². The van der Waals surface area contributed by atoms with Crippen LogP contribution in [0.15, 0.2) is 41.5 Å². The van der Waals surface area contributed by atoms with Gasteiger partial charge in [-0.3, -0.25) is 0 Å². The molecule has 1 aromatic rings. The van der Waals surface area contributed by atoms with Crippen molar-refractivity contribution in [1.82, 2.24) is 0 Å². The Morgan fingerprint density at radius 2 is 2.07 bits per heavy atom. The van der Waals surface area contributed by atoms with Crippen LogP contribution in [0.1, 0.15) is 50.5 Å². The summed E-state index contributed by atoms with van der Waals surface area (Å²) in [7, 11) is 0. The second kappa shape index (κ2) is 9.29. The largest absolute Gasteiger partial charge is 0.478 e. The van der Waals surface area contributed by atoms with Crippen molar-refractivity contribution in [2.75, 3.05) is 18.6 Å². The molecule has 0 unspecified atom stereocenters. The van der Waals surface area contributed by atoms with E-state index >= 15 is 0 Å². The third-order valence-electron chi connectivity index (χ3n) is 6.94. The Morgan fingerprint density at radius 3 is 2.74 bits per heavy atom. The molecule has 27 heavy (non-hydrogen) atoms. The van der Waals surface area contributed by atoms with E-state index in [1.54, 1.807) is 11.8 Å². The molecule has 3 nitrogen and oxygen atoms in total. The number of hydrogen-bond acceptors (Lipinski definition) is 3. The third kappa shape index (κ3) is 4.60. The van der Waals surface area contributed by atoms with Gasteiger partial charge in [0.25, 0.3) is 0 Å². The van der Waals surface area contributed by atoms with Gasteiger partial charge < -0.3 is 10.8 Å². The molecule has 0 spiro atoms. The number of carboxylic acid groups (broad SMARTS) is 1. The normalized spacial score (nSPS) is 29.9. The van der Waals surface area contributed by atoms with Crippen molar-refractivity contribution in [3.8, 4) is 0 Å². The maximum atomic E-state index is 11.9. The van der Waals surface area contributed by atoms with E-state index < -0.39 is 5.97 Å². The number of rotatable bonds is 7. The van der Waals surface area contributed by atoms with Gasteiger partial charge >= 0.3 is 5.97 Å². The zero-order valence-corrected chi connectivity index (χ0v) is 17.3. The van der Waals surface area contributed by atoms with E-state index in [1.807, 2.05) is 6.26 Å². The van der Waals surface area contributed by atoms with Crippen molar-refractivity contribution in [3.05, 3.63) is 47.0 Å². The van der Waals surface area contributed by atoms with Crippen LogP contribution in [0.5, 0.6) is 0 Å². The lowest BCUT2D eigenvalue weighted by atomic mass is 9.53. The summed E-state index contributed by atoms with van der Waals surface area (Å²) in [6.45, 7) is 0.724. The molecule has 3 N–H and O–H groups in total. The molecule has 2 aliphatic rings. The Bertz CT molecular complexity index is 672. The molecule has 3 atom stereocenters. The Morgan fingerprint density at radius 1 is 1.30 bits per heavy atom. The van der Waals surface area contributed by atoms with E-state index in [1.165, 1.54) is 30.4 Å². The highest BCUT2D eigenvalue weighted by molar-refractivity contribution is 7.98. The summed E-state index contributed by atoms with van der Waals surface area (Å²) in [6, 6.07) is 10.8. The molecule has 0 saturated heterocycles. The van der Waals surface area contributed by atoms with Gasteiger partial charge in [0.1, 0.15) is 0 Å². The summed E-state index contributed by atoms with van der Waals surface area (Å²) in [5.74, 6) is 1.21. The molecule has 0 aromatic heterocycles. The van der Waals surface area contributed by atoms with Gasteiger partial charge in [-0.25, -0.2) is 4.79 Å². The zero-order chi connectivity index (χ0) is 19.3. The fourth-order valence-corrected chi connectivity index (χ4v) is 5.98. The second-order valence-electron chi connectivity index (χ2n) is 8.35. The van der Waals surface area contributed by atoms with Gasteiger partial charge in [-0.2, -0.15) is 11.8 Å². The first-order chi connectivity index (χ1) is 13.1. The van der Waals surface area contributed by atoms with Crippen LogP contribution in [-0.2, 0) is 11.2 Å². The van der Waals surface area contributed by atoms with Crippen molar-refractivity contribution in [2.45, 2.75) is 51.4 Å². The van der Waals surface area contributed by atoms with E-state index in [-0.39, 0.29) is 5.41 Å². The molecule has 2 fully saturated rings. The van der Waals surface area contributed by atoms with Crippen molar-refractivity contribution in [1.29, 1.82) is 0 Å². The number of benzene rings is 1. The highest BCUT2D eigenvalue weighted by Crippen LogP contribution is 2.56. The molecule has 4 heteroatoms. The third-order valence-corrected chi connectivity index (χ3v) is 7.55. The van der Waals surface area contributed by atoms with Crippen LogP contribution in [0.2, 0.25) is 0 Å². The van der Waals surface area contributed by atoms with Crippen LogP contribution in [0.4, 0.5) is 0 Å². The van der Waals surface area contributed by atoms with Gasteiger partial charge in [0.15, 0.2) is 0 Å². The molecule has 0 radical (unpaired) electrons. The maximum absolute atomic E-state index is 11.9. The van der Waals surface area contributed by atoms with Gasteiger partial charge in [0.2, 0.25) is 0 Å². The highest BCUT2D eigenvalue weighted by atomic mass is 32.2. The standard InChI is InChI=1S/C23H33NO2S/c1-27-13-10-20(22(25)26)18-9-12-23(15-17-6-3-2-4-7-17)11-5-8-19(16-24)21(23)14-18/h2-4,6-7,19,21H,5,8-16,24H2,1H3,(H,25,26)/b20-18+/t19-,21+,23-/m1/s1. The molecular weight excluding hydrogens is 354 g/mol. The summed E-state index contributed by atoms with van der Waals surface area (Å²) in [6.07, 6.45) is 10.5. The lowest BCUT2D eigenvalue weighted by Gasteiger charge is -2.52. The van der Waals surface area contributed by atoms with Crippen LogP contribution >= 0.6 is 11.8 Å². The van der Waals surface area contributed by atoms with Crippen LogP contribution in [-0.4, -0.2) is 29.6 Å². The van der Waals surface area contributed by atoms with E-state index in [2.05, 4.69) is 30.3 Å². The first-order valence-corrected chi connectivity index (χ1v) is 11.7. The molecule has 3 rings (SSSR count). The predicted octanol–water partition coefficient (Wildman–Crippen LogP) is 4.91. The number of fused-ring (bicyclic) bond motifs is 1.